The molecule has 3 N–H and O–H groups in total. The molecule has 0 saturated heterocycles. The fraction of sp³-hybridized carbons (Fsp3) is 0.679. The minimum absolute atomic E-state index is 0.0360. The van der Waals surface area contributed by atoms with Crippen molar-refractivity contribution in [2.75, 3.05) is 25.4 Å². The summed E-state index contributed by atoms with van der Waals surface area (Å²) in [6.07, 6.45) is 10.1. The van der Waals surface area contributed by atoms with Gasteiger partial charge in [0.2, 0.25) is 0 Å². The molecule has 39 heavy (non-hydrogen) atoms. The van der Waals surface area contributed by atoms with E-state index >= 15 is 0 Å². The summed E-state index contributed by atoms with van der Waals surface area (Å²) in [5.41, 5.74) is 2.59. The minimum atomic E-state index is -3.93. The third kappa shape index (κ3) is 5.91. The van der Waals surface area contributed by atoms with Gasteiger partial charge in [-0.3, -0.25) is 9.23 Å². The Labute approximate surface area is 230 Å². The molecule has 2 aromatic heterocycles. The van der Waals surface area contributed by atoms with Crippen molar-refractivity contribution in [2.24, 2.45) is 16.2 Å². The van der Waals surface area contributed by atoms with Crippen LogP contribution in [0.3, 0.4) is 0 Å². The maximum absolute atomic E-state index is 11.8. The van der Waals surface area contributed by atoms with Crippen LogP contribution in [-0.2, 0) is 21.4 Å². The van der Waals surface area contributed by atoms with Gasteiger partial charge in [0.15, 0.2) is 5.69 Å². The van der Waals surface area contributed by atoms with Gasteiger partial charge in [-0.25, -0.2) is 9.78 Å². The number of hydrogen-bond donors (Lipinski definition) is 3. The van der Waals surface area contributed by atoms with Crippen LogP contribution in [-0.4, -0.2) is 69.9 Å². The highest BCUT2D eigenvalue weighted by Gasteiger charge is 2.66. The van der Waals surface area contributed by atoms with Crippen molar-refractivity contribution in [1.29, 1.82) is 0 Å². The molecule has 4 saturated carbocycles. The Hall–Kier alpha value is -2.34. The van der Waals surface area contributed by atoms with Gasteiger partial charge < -0.3 is 15.2 Å². The lowest BCUT2D eigenvalue weighted by molar-refractivity contribution is -0.247. The smallest absolute Gasteiger partial charge is 0.355 e. The molecular weight excluding hydrogens is 520 g/mol. The fourth-order valence-corrected chi connectivity index (χ4v) is 9.49. The number of nitrogens with zero attached hydrogens (tertiary/aromatic N) is 3. The van der Waals surface area contributed by atoms with Gasteiger partial charge in [-0.1, -0.05) is 19.9 Å². The van der Waals surface area contributed by atoms with E-state index in [0.29, 0.717) is 31.7 Å². The Morgan fingerprint density at radius 2 is 1.82 bits per heavy atom. The molecule has 4 aliphatic rings. The number of pyridine rings is 1. The molecule has 4 bridgehead atoms. The Balaban J connectivity index is 1.31. The molecule has 0 aromatic carbocycles. The van der Waals surface area contributed by atoms with Crippen LogP contribution in [0.2, 0.25) is 0 Å². The van der Waals surface area contributed by atoms with E-state index in [9.17, 15) is 18.3 Å². The van der Waals surface area contributed by atoms with Gasteiger partial charge in [0, 0.05) is 36.1 Å². The molecule has 214 valence electrons. The third-order valence-electron chi connectivity index (χ3n) is 8.98. The topological polar surface area (TPSA) is 144 Å². The average molecular weight is 561 g/mol. The highest BCUT2D eigenvalue weighted by Crippen LogP contribution is 2.72. The highest BCUT2D eigenvalue weighted by atomic mass is 32.2. The van der Waals surface area contributed by atoms with Crippen molar-refractivity contribution in [3.8, 4) is 11.1 Å². The molecular formula is C28H40N4O6S. The molecule has 2 aromatic rings. The Bertz CT molecular complexity index is 1340. The molecule has 0 spiro atoms. The van der Waals surface area contributed by atoms with E-state index in [2.05, 4.69) is 28.8 Å². The summed E-state index contributed by atoms with van der Waals surface area (Å²) in [5, 5.41) is 17.6. The first kappa shape index (κ1) is 28.2. The second-order valence-corrected chi connectivity index (χ2v) is 14.7. The van der Waals surface area contributed by atoms with Crippen LogP contribution in [0.4, 0.5) is 0 Å². The van der Waals surface area contributed by atoms with Crippen molar-refractivity contribution >= 4 is 16.1 Å². The summed E-state index contributed by atoms with van der Waals surface area (Å²) >= 11 is 0. The van der Waals surface area contributed by atoms with E-state index in [0.717, 1.165) is 49.9 Å². The standard InChI is InChI=1S/C28H40N4O6S/c1-20-22(21-6-4-8-30-23(21)24(33)34)12-31-32(20)19-27-14-25(2)13-26(3,15-27)17-28(16-25,18-27)38-10-9-29-7-5-11-39(35,36)37/h4,6,8,12,29H,5,7,9-11,13-19H2,1-3H3,(H,33,34)(H,35,36,37). The van der Waals surface area contributed by atoms with E-state index in [-0.39, 0.29) is 33.3 Å². The van der Waals surface area contributed by atoms with E-state index in [1.807, 2.05) is 6.92 Å². The first-order valence-electron chi connectivity index (χ1n) is 13.8. The number of rotatable bonds is 12. The molecule has 11 heteroatoms. The first-order valence-corrected chi connectivity index (χ1v) is 15.4. The lowest BCUT2D eigenvalue weighted by atomic mass is 9.39. The molecule has 0 amide bonds. The maximum atomic E-state index is 11.8. The van der Waals surface area contributed by atoms with Crippen molar-refractivity contribution in [1.82, 2.24) is 20.1 Å². The van der Waals surface area contributed by atoms with Crippen molar-refractivity contribution in [2.45, 2.75) is 77.9 Å². The molecule has 10 nitrogen and oxygen atoms in total. The zero-order chi connectivity index (χ0) is 28.1. The van der Waals surface area contributed by atoms with Crippen molar-refractivity contribution in [3.05, 3.63) is 35.9 Å². The second kappa shape index (κ2) is 9.94. The van der Waals surface area contributed by atoms with Gasteiger partial charge in [0.25, 0.3) is 10.1 Å². The van der Waals surface area contributed by atoms with Crippen LogP contribution in [0.25, 0.3) is 11.1 Å². The summed E-state index contributed by atoms with van der Waals surface area (Å²) in [6, 6.07) is 3.54. The normalized spacial score (nSPS) is 31.6. The Kier molecular flexibility index (Phi) is 7.18. The van der Waals surface area contributed by atoms with Crippen molar-refractivity contribution < 1.29 is 27.6 Å². The monoisotopic (exact) mass is 560 g/mol. The molecule has 0 aliphatic heterocycles. The summed E-state index contributed by atoms with van der Waals surface area (Å²) in [4.78, 5) is 15.9. The number of carboxylic acid groups (broad SMARTS) is 1. The van der Waals surface area contributed by atoms with Gasteiger partial charge in [0.05, 0.1) is 24.2 Å². The van der Waals surface area contributed by atoms with Crippen LogP contribution >= 0.6 is 0 Å². The number of nitrogens with one attached hydrogen (secondary N) is 1. The van der Waals surface area contributed by atoms with Crippen LogP contribution in [0.5, 0.6) is 0 Å². The first-order chi connectivity index (χ1) is 18.2. The van der Waals surface area contributed by atoms with Gasteiger partial charge in [0.1, 0.15) is 0 Å². The molecule has 2 unspecified atom stereocenters. The average Bonchev–Trinajstić information content (AvgIpc) is 3.14. The van der Waals surface area contributed by atoms with Crippen molar-refractivity contribution in [3.63, 3.8) is 0 Å². The van der Waals surface area contributed by atoms with Crippen LogP contribution < -0.4 is 5.32 Å². The molecule has 0 radical (unpaired) electrons. The van der Waals surface area contributed by atoms with Crippen LogP contribution in [0, 0.1) is 23.2 Å². The van der Waals surface area contributed by atoms with Crippen LogP contribution in [0.1, 0.15) is 75.0 Å². The molecule has 4 aliphatic carbocycles. The summed E-state index contributed by atoms with van der Waals surface area (Å²) < 4.78 is 39.5. The van der Waals surface area contributed by atoms with E-state index in [1.54, 1.807) is 18.3 Å². The number of hydrogen-bond acceptors (Lipinski definition) is 7. The number of carbonyl (C=O) groups is 1. The molecule has 4 fully saturated rings. The quantitative estimate of drug-likeness (QED) is 0.260. The van der Waals surface area contributed by atoms with Crippen LogP contribution in [0.15, 0.2) is 24.5 Å². The largest absolute Gasteiger partial charge is 0.476 e. The third-order valence-corrected chi connectivity index (χ3v) is 9.79. The number of ether oxygens (including phenoxy) is 1. The van der Waals surface area contributed by atoms with Gasteiger partial charge >= 0.3 is 5.97 Å². The summed E-state index contributed by atoms with van der Waals surface area (Å²) in [5.74, 6) is -1.29. The SMILES string of the molecule is Cc1c(-c2cccnc2C(=O)O)cnn1CC12CC3(C)CC(C)(C1)CC(OCCNCCCS(=O)(=O)O)(C3)C2. The summed E-state index contributed by atoms with van der Waals surface area (Å²) in [6.45, 7) is 9.27. The zero-order valence-electron chi connectivity index (χ0n) is 23.1. The maximum Gasteiger partial charge on any atom is 0.355 e. The lowest BCUT2D eigenvalue weighted by Gasteiger charge is -2.69. The summed E-state index contributed by atoms with van der Waals surface area (Å²) in [7, 11) is -3.93. The van der Waals surface area contributed by atoms with Gasteiger partial charge in [-0.15, -0.1) is 0 Å². The zero-order valence-corrected chi connectivity index (χ0v) is 23.9. The Morgan fingerprint density at radius 1 is 1.10 bits per heavy atom. The minimum Gasteiger partial charge on any atom is -0.476 e. The van der Waals surface area contributed by atoms with Gasteiger partial charge in [-0.2, -0.15) is 13.5 Å². The number of aromatic carboxylic acids is 1. The number of aromatic nitrogens is 3. The fourth-order valence-electron chi connectivity index (χ4n) is 8.98. The molecule has 2 heterocycles. The Morgan fingerprint density at radius 3 is 2.49 bits per heavy atom. The predicted octanol–water partition coefficient (Wildman–Crippen LogP) is 3.96. The second-order valence-electron chi connectivity index (χ2n) is 13.1. The predicted molar refractivity (Wildman–Crippen MR) is 146 cm³/mol. The molecule has 2 atom stereocenters. The molecule has 6 rings (SSSR count). The number of carboxylic acids is 1. The van der Waals surface area contributed by atoms with E-state index < -0.39 is 16.1 Å². The highest BCUT2D eigenvalue weighted by molar-refractivity contribution is 7.85. The van der Waals surface area contributed by atoms with E-state index in [4.69, 9.17) is 14.4 Å². The van der Waals surface area contributed by atoms with Gasteiger partial charge in [-0.05, 0) is 80.7 Å². The van der Waals surface area contributed by atoms with E-state index in [1.165, 1.54) is 12.6 Å². The lowest BCUT2D eigenvalue weighted by Crippen LogP contribution is -2.64.